The summed E-state index contributed by atoms with van der Waals surface area (Å²) in [7, 11) is 0. The number of ether oxygens (including phenoxy) is 1. The summed E-state index contributed by atoms with van der Waals surface area (Å²) in [6, 6.07) is 11.5. The fraction of sp³-hybridized carbons (Fsp3) is 0.200. The molecule has 2 N–H and O–H groups in total. The molecule has 0 fully saturated rings. The Hall–Kier alpha value is -3.33. The van der Waals surface area contributed by atoms with Gasteiger partial charge in [-0.1, -0.05) is 12.1 Å². The van der Waals surface area contributed by atoms with Crippen molar-refractivity contribution in [3.8, 4) is 17.4 Å². The molecule has 1 aliphatic carbocycles. The van der Waals surface area contributed by atoms with E-state index in [0.29, 0.717) is 47.7 Å². The number of ketones is 1. The van der Waals surface area contributed by atoms with Gasteiger partial charge < -0.3 is 14.9 Å². The van der Waals surface area contributed by atoms with Crippen LogP contribution in [-0.2, 0) is 9.53 Å². The van der Waals surface area contributed by atoms with E-state index < -0.39 is 11.7 Å². The Morgan fingerprint density at radius 2 is 2.00 bits per heavy atom. The maximum Gasteiger partial charge on any atom is 0.205 e. The Kier molecular flexibility index (Phi) is 3.85. The lowest BCUT2D eigenvalue weighted by Gasteiger charge is -2.29. The third-order valence-corrected chi connectivity index (χ3v) is 4.66. The van der Waals surface area contributed by atoms with Gasteiger partial charge in [-0.15, -0.1) is 0 Å². The SMILES string of the molecule is N#CC1=C(N)OC2=C(C(=O)CCC2)C1c1ccc(-c2ccccc2F)o1. The maximum absolute atomic E-state index is 14.0. The number of Topliss-reactive ketones (excluding diaryl/α,β-unsaturated/α-hetero) is 1. The summed E-state index contributed by atoms with van der Waals surface area (Å²) in [6.07, 6.45) is 1.65. The van der Waals surface area contributed by atoms with Gasteiger partial charge in [-0.25, -0.2) is 4.39 Å². The molecule has 0 bridgehead atoms. The third kappa shape index (κ3) is 2.49. The number of carbonyl (C=O) groups is 1. The highest BCUT2D eigenvalue weighted by molar-refractivity contribution is 5.99. The minimum atomic E-state index is -0.725. The van der Waals surface area contributed by atoms with Crippen LogP contribution in [-0.4, -0.2) is 5.78 Å². The highest BCUT2D eigenvalue weighted by atomic mass is 19.1. The van der Waals surface area contributed by atoms with Gasteiger partial charge in [0.1, 0.15) is 34.7 Å². The van der Waals surface area contributed by atoms with Crippen molar-refractivity contribution in [1.82, 2.24) is 0 Å². The van der Waals surface area contributed by atoms with Crippen molar-refractivity contribution < 1.29 is 18.3 Å². The predicted octanol–water partition coefficient (Wildman–Crippen LogP) is 3.90. The number of nitriles is 1. The summed E-state index contributed by atoms with van der Waals surface area (Å²) in [5, 5.41) is 9.53. The van der Waals surface area contributed by atoms with Gasteiger partial charge in [0.25, 0.3) is 0 Å². The van der Waals surface area contributed by atoms with Crippen LogP contribution in [0.5, 0.6) is 0 Å². The number of carbonyl (C=O) groups excluding carboxylic acids is 1. The first-order chi connectivity index (χ1) is 12.6. The second-order valence-corrected chi connectivity index (χ2v) is 6.22. The van der Waals surface area contributed by atoms with Crippen LogP contribution in [0.1, 0.15) is 30.9 Å². The highest BCUT2D eigenvalue weighted by Crippen LogP contribution is 2.44. The van der Waals surface area contributed by atoms with Crippen LogP contribution in [0.15, 0.2) is 63.6 Å². The minimum Gasteiger partial charge on any atom is -0.460 e. The van der Waals surface area contributed by atoms with Gasteiger partial charge in [0.2, 0.25) is 5.88 Å². The highest BCUT2D eigenvalue weighted by Gasteiger charge is 2.39. The lowest BCUT2D eigenvalue weighted by molar-refractivity contribution is -0.116. The van der Waals surface area contributed by atoms with Crippen LogP contribution in [0.25, 0.3) is 11.3 Å². The first-order valence-corrected chi connectivity index (χ1v) is 8.28. The molecule has 0 radical (unpaired) electrons. The van der Waals surface area contributed by atoms with Crippen molar-refractivity contribution in [1.29, 1.82) is 5.26 Å². The molecular formula is C20H15FN2O3. The molecule has 0 spiro atoms. The van der Waals surface area contributed by atoms with E-state index in [1.807, 2.05) is 6.07 Å². The molecule has 1 aliphatic heterocycles. The van der Waals surface area contributed by atoms with Gasteiger partial charge in [0.15, 0.2) is 5.78 Å². The van der Waals surface area contributed by atoms with Gasteiger partial charge >= 0.3 is 0 Å². The van der Waals surface area contributed by atoms with Crippen molar-refractivity contribution in [2.45, 2.75) is 25.2 Å². The number of hydrogen-bond acceptors (Lipinski definition) is 5. The van der Waals surface area contributed by atoms with Crippen molar-refractivity contribution in [2.24, 2.45) is 5.73 Å². The molecule has 26 heavy (non-hydrogen) atoms. The normalized spacial score (nSPS) is 19.8. The number of rotatable bonds is 2. The topological polar surface area (TPSA) is 89.3 Å². The predicted molar refractivity (Wildman–Crippen MR) is 90.6 cm³/mol. The Morgan fingerprint density at radius 3 is 2.77 bits per heavy atom. The molecule has 1 unspecified atom stereocenters. The van der Waals surface area contributed by atoms with Gasteiger partial charge in [-0.3, -0.25) is 4.79 Å². The molecule has 0 saturated heterocycles. The molecule has 2 heterocycles. The van der Waals surface area contributed by atoms with Crippen LogP contribution >= 0.6 is 0 Å². The Balaban J connectivity index is 1.83. The standard InChI is InChI=1S/C20H15FN2O3/c21-13-5-2-1-4-11(13)15-8-9-17(25-15)18-12(10-22)20(23)26-16-7-3-6-14(24)19(16)18/h1-2,4-5,8-9,18H,3,6-7,23H2. The molecule has 2 aliphatic rings. The van der Waals surface area contributed by atoms with E-state index in [2.05, 4.69) is 0 Å². The van der Waals surface area contributed by atoms with Crippen LogP contribution < -0.4 is 5.73 Å². The van der Waals surface area contributed by atoms with Crippen LogP contribution in [0, 0.1) is 17.1 Å². The average Bonchev–Trinajstić information content (AvgIpc) is 3.10. The number of allylic oxidation sites excluding steroid dienone is 3. The fourth-order valence-electron chi connectivity index (χ4n) is 3.45. The van der Waals surface area contributed by atoms with Crippen molar-refractivity contribution in [3.05, 3.63) is 70.8 Å². The summed E-state index contributed by atoms with van der Waals surface area (Å²) in [5.41, 5.74) is 6.76. The number of hydrogen-bond donors (Lipinski definition) is 1. The molecule has 6 heteroatoms. The van der Waals surface area contributed by atoms with Crippen LogP contribution in [0.4, 0.5) is 4.39 Å². The lowest BCUT2D eigenvalue weighted by Crippen LogP contribution is -2.27. The van der Waals surface area contributed by atoms with E-state index in [4.69, 9.17) is 14.9 Å². The van der Waals surface area contributed by atoms with Crippen molar-refractivity contribution in [2.75, 3.05) is 0 Å². The zero-order valence-electron chi connectivity index (χ0n) is 13.8. The van der Waals surface area contributed by atoms with Crippen molar-refractivity contribution in [3.63, 3.8) is 0 Å². The summed E-state index contributed by atoms with van der Waals surface area (Å²) < 4.78 is 25.4. The largest absolute Gasteiger partial charge is 0.460 e. The zero-order valence-corrected chi connectivity index (χ0v) is 13.8. The van der Waals surface area contributed by atoms with E-state index >= 15 is 0 Å². The van der Waals surface area contributed by atoms with Gasteiger partial charge in [0, 0.05) is 18.4 Å². The van der Waals surface area contributed by atoms with E-state index in [1.54, 1.807) is 30.3 Å². The summed E-state index contributed by atoms with van der Waals surface area (Å²) in [5.74, 6) is -0.0527. The number of benzene rings is 1. The van der Waals surface area contributed by atoms with E-state index in [1.165, 1.54) is 6.07 Å². The Labute approximate surface area is 149 Å². The number of halogens is 1. The molecule has 2 aromatic rings. The molecular weight excluding hydrogens is 335 g/mol. The summed E-state index contributed by atoms with van der Waals surface area (Å²) >= 11 is 0. The van der Waals surface area contributed by atoms with Crippen LogP contribution in [0.3, 0.4) is 0 Å². The van der Waals surface area contributed by atoms with Crippen molar-refractivity contribution >= 4 is 5.78 Å². The van der Waals surface area contributed by atoms with Gasteiger partial charge in [0.05, 0.1) is 11.5 Å². The molecule has 1 atom stereocenters. The molecule has 5 nitrogen and oxygen atoms in total. The molecule has 130 valence electrons. The first kappa shape index (κ1) is 16.2. The smallest absolute Gasteiger partial charge is 0.205 e. The fourth-order valence-corrected chi connectivity index (χ4v) is 3.45. The number of nitrogens with two attached hydrogens (primary N) is 1. The monoisotopic (exact) mass is 350 g/mol. The van der Waals surface area contributed by atoms with E-state index in [9.17, 15) is 14.4 Å². The third-order valence-electron chi connectivity index (χ3n) is 4.66. The molecule has 1 aromatic carbocycles. The molecule has 0 amide bonds. The van der Waals surface area contributed by atoms with E-state index in [0.717, 1.165) is 0 Å². The summed E-state index contributed by atoms with van der Waals surface area (Å²) in [4.78, 5) is 12.5. The first-order valence-electron chi connectivity index (χ1n) is 8.28. The molecule has 1 aromatic heterocycles. The Bertz CT molecular complexity index is 1010. The summed E-state index contributed by atoms with van der Waals surface area (Å²) in [6.45, 7) is 0. The molecule has 4 rings (SSSR count). The van der Waals surface area contributed by atoms with Gasteiger partial charge in [-0.05, 0) is 30.7 Å². The number of furan rings is 1. The lowest BCUT2D eigenvalue weighted by atomic mass is 9.80. The van der Waals surface area contributed by atoms with E-state index in [-0.39, 0.29) is 17.2 Å². The average molecular weight is 350 g/mol. The van der Waals surface area contributed by atoms with Gasteiger partial charge in [-0.2, -0.15) is 5.26 Å². The quantitative estimate of drug-likeness (QED) is 0.887. The Morgan fingerprint density at radius 1 is 1.19 bits per heavy atom. The second kappa shape index (κ2) is 6.19. The minimum absolute atomic E-state index is 0.0187. The second-order valence-electron chi connectivity index (χ2n) is 6.22. The number of nitrogens with zero attached hydrogens (tertiary/aromatic N) is 1. The van der Waals surface area contributed by atoms with Crippen LogP contribution in [0.2, 0.25) is 0 Å². The molecule has 0 saturated carbocycles. The zero-order chi connectivity index (χ0) is 18.3. The maximum atomic E-state index is 14.0.